The van der Waals surface area contributed by atoms with Crippen LogP contribution in [-0.4, -0.2) is 12.6 Å². The number of benzene rings is 1. The molecule has 0 aliphatic carbocycles. The van der Waals surface area contributed by atoms with Gasteiger partial charge in [-0.05, 0) is 38.0 Å². The molecule has 0 saturated carbocycles. The van der Waals surface area contributed by atoms with Crippen molar-refractivity contribution in [2.24, 2.45) is 0 Å². The Hall–Kier alpha value is -1.38. The Kier molecular flexibility index (Phi) is 4.67. The minimum atomic E-state index is -0.682. The summed E-state index contributed by atoms with van der Waals surface area (Å²) in [5, 5.41) is 0. The van der Waals surface area contributed by atoms with Gasteiger partial charge in [-0.3, -0.25) is 4.79 Å². The van der Waals surface area contributed by atoms with E-state index in [1.54, 1.807) is 19.1 Å². The topological polar surface area (TPSA) is 26.3 Å². The van der Waals surface area contributed by atoms with Crippen molar-refractivity contribution in [1.29, 1.82) is 0 Å². The van der Waals surface area contributed by atoms with Gasteiger partial charge in [0.2, 0.25) is 0 Å². The quantitative estimate of drug-likeness (QED) is 0.734. The molecule has 0 aliphatic rings. The van der Waals surface area contributed by atoms with E-state index in [1.165, 1.54) is 12.1 Å². The Bertz CT molecular complexity index is 372. The number of hydrogen-bond acceptors (Lipinski definition) is 2. The van der Waals surface area contributed by atoms with Crippen LogP contribution < -0.4 is 0 Å². The van der Waals surface area contributed by atoms with Gasteiger partial charge in [-0.2, -0.15) is 0 Å². The summed E-state index contributed by atoms with van der Waals surface area (Å²) in [6.45, 7) is 6.01. The summed E-state index contributed by atoms with van der Waals surface area (Å²) in [4.78, 5) is 12.0. The van der Waals surface area contributed by atoms with E-state index in [0.717, 1.165) is 12.0 Å². The van der Waals surface area contributed by atoms with Crippen LogP contribution in [0.15, 0.2) is 24.3 Å². The van der Waals surface area contributed by atoms with Crippen LogP contribution >= 0.6 is 0 Å². The van der Waals surface area contributed by atoms with Gasteiger partial charge in [0.15, 0.2) is 0 Å². The maximum Gasteiger partial charge on any atom is 0.316 e. The fourth-order valence-electron chi connectivity index (χ4n) is 1.97. The second kappa shape index (κ2) is 5.80. The standard InChI is InChI=1S/C14H19FO2/c1-4-10-14(3,13(16)17-5-2)11-6-8-12(15)9-7-11/h6-9H,4-5,10H2,1-3H3. The summed E-state index contributed by atoms with van der Waals surface area (Å²) in [5.41, 5.74) is 0.123. The molecule has 1 aromatic carbocycles. The normalized spacial score (nSPS) is 14.1. The molecule has 0 aromatic heterocycles. The lowest BCUT2D eigenvalue weighted by atomic mass is 9.78. The van der Waals surface area contributed by atoms with E-state index in [2.05, 4.69) is 0 Å². The third-order valence-electron chi connectivity index (χ3n) is 2.96. The average Bonchev–Trinajstić information content (AvgIpc) is 2.30. The van der Waals surface area contributed by atoms with E-state index in [1.807, 2.05) is 13.8 Å². The van der Waals surface area contributed by atoms with E-state index in [0.29, 0.717) is 13.0 Å². The van der Waals surface area contributed by atoms with E-state index in [-0.39, 0.29) is 11.8 Å². The van der Waals surface area contributed by atoms with Crippen LogP contribution in [-0.2, 0) is 14.9 Å². The molecule has 1 atom stereocenters. The van der Waals surface area contributed by atoms with Crippen LogP contribution in [0.3, 0.4) is 0 Å². The van der Waals surface area contributed by atoms with Gasteiger partial charge in [-0.1, -0.05) is 25.5 Å². The summed E-state index contributed by atoms with van der Waals surface area (Å²) in [6, 6.07) is 6.06. The highest BCUT2D eigenvalue weighted by atomic mass is 19.1. The fourth-order valence-corrected chi connectivity index (χ4v) is 1.97. The number of carbonyl (C=O) groups is 1. The molecule has 0 aliphatic heterocycles. The molecule has 0 fully saturated rings. The maximum absolute atomic E-state index is 12.9. The zero-order valence-electron chi connectivity index (χ0n) is 10.6. The predicted molar refractivity (Wildman–Crippen MR) is 65.3 cm³/mol. The average molecular weight is 238 g/mol. The van der Waals surface area contributed by atoms with E-state index >= 15 is 0 Å². The Labute approximate surface area is 102 Å². The maximum atomic E-state index is 12.9. The highest BCUT2D eigenvalue weighted by Crippen LogP contribution is 2.30. The van der Waals surface area contributed by atoms with Crippen LogP contribution in [0, 0.1) is 5.82 Å². The number of ether oxygens (including phenoxy) is 1. The van der Waals surface area contributed by atoms with Gasteiger partial charge in [0.1, 0.15) is 5.82 Å². The molecule has 0 heterocycles. The molecule has 0 bridgehead atoms. The SMILES string of the molecule is CCCC(C)(C(=O)OCC)c1ccc(F)cc1. The van der Waals surface area contributed by atoms with Gasteiger partial charge in [-0.25, -0.2) is 4.39 Å². The molecule has 0 saturated heterocycles. The zero-order chi connectivity index (χ0) is 12.9. The minimum Gasteiger partial charge on any atom is -0.465 e. The summed E-state index contributed by atoms with van der Waals surface area (Å²) in [7, 11) is 0. The first-order valence-corrected chi connectivity index (χ1v) is 5.98. The van der Waals surface area contributed by atoms with Crippen molar-refractivity contribution in [3.63, 3.8) is 0 Å². The molecule has 94 valence electrons. The number of hydrogen-bond donors (Lipinski definition) is 0. The summed E-state index contributed by atoms with van der Waals surface area (Å²) < 4.78 is 18.0. The minimum absolute atomic E-state index is 0.242. The third-order valence-corrected chi connectivity index (χ3v) is 2.96. The van der Waals surface area contributed by atoms with Crippen molar-refractivity contribution in [1.82, 2.24) is 0 Å². The molecule has 17 heavy (non-hydrogen) atoms. The smallest absolute Gasteiger partial charge is 0.316 e. The van der Waals surface area contributed by atoms with Crippen molar-refractivity contribution >= 4 is 5.97 Å². The second-order valence-electron chi connectivity index (χ2n) is 4.31. The number of halogens is 1. The van der Waals surface area contributed by atoms with Crippen molar-refractivity contribution in [2.45, 2.75) is 39.0 Å². The first-order chi connectivity index (χ1) is 8.04. The number of rotatable bonds is 5. The molecule has 2 nitrogen and oxygen atoms in total. The highest BCUT2D eigenvalue weighted by Gasteiger charge is 2.35. The summed E-state index contributed by atoms with van der Waals surface area (Å²) >= 11 is 0. The largest absolute Gasteiger partial charge is 0.465 e. The second-order valence-corrected chi connectivity index (χ2v) is 4.31. The first kappa shape index (κ1) is 13.7. The van der Waals surface area contributed by atoms with E-state index in [9.17, 15) is 9.18 Å². The molecule has 1 aromatic rings. The highest BCUT2D eigenvalue weighted by molar-refractivity contribution is 5.82. The molecule has 1 unspecified atom stereocenters. The van der Waals surface area contributed by atoms with Crippen molar-refractivity contribution < 1.29 is 13.9 Å². The van der Waals surface area contributed by atoms with Gasteiger partial charge >= 0.3 is 5.97 Å². The molecule has 0 spiro atoms. The lowest BCUT2D eigenvalue weighted by Crippen LogP contribution is -2.34. The van der Waals surface area contributed by atoms with Gasteiger partial charge in [0.25, 0.3) is 0 Å². The Morgan fingerprint density at radius 3 is 2.35 bits per heavy atom. The molecule has 0 N–H and O–H groups in total. The monoisotopic (exact) mass is 238 g/mol. The fraction of sp³-hybridized carbons (Fsp3) is 0.500. The Morgan fingerprint density at radius 2 is 1.88 bits per heavy atom. The van der Waals surface area contributed by atoms with Crippen LogP contribution in [0.2, 0.25) is 0 Å². The van der Waals surface area contributed by atoms with Gasteiger partial charge in [-0.15, -0.1) is 0 Å². The number of carbonyl (C=O) groups excluding carboxylic acids is 1. The van der Waals surface area contributed by atoms with Gasteiger partial charge in [0, 0.05) is 0 Å². The molecule has 3 heteroatoms. The Morgan fingerprint density at radius 1 is 1.29 bits per heavy atom. The van der Waals surface area contributed by atoms with Crippen LogP contribution in [0.4, 0.5) is 4.39 Å². The van der Waals surface area contributed by atoms with E-state index < -0.39 is 5.41 Å². The number of esters is 1. The van der Waals surface area contributed by atoms with Gasteiger partial charge < -0.3 is 4.74 Å². The zero-order valence-corrected chi connectivity index (χ0v) is 10.6. The molecular weight excluding hydrogens is 219 g/mol. The van der Waals surface area contributed by atoms with Crippen molar-refractivity contribution in [3.8, 4) is 0 Å². The third kappa shape index (κ3) is 3.05. The van der Waals surface area contributed by atoms with Crippen LogP contribution in [0.1, 0.15) is 39.2 Å². The van der Waals surface area contributed by atoms with Crippen molar-refractivity contribution in [3.05, 3.63) is 35.6 Å². The Balaban J connectivity index is 3.06. The van der Waals surface area contributed by atoms with Crippen molar-refractivity contribution in [2.75, 3.05) is 6.61 Å². The summed E-state index contributed by atoms with van der Waals surface area (Å²) in [6.07, 6.45) is 1.56. The molecule has 1 rings (SSSR count). The molecule has 0 radical (unpaired) electrons. The lowest BCUT2D eigenvalue weighted by molar-refractivity contribution is -0.149. The molecular formula is C14H19FO2. The lowest BCUT2D eigenvalue weighted by Gasteiger charge is -2.27. The summed E-state index contributed by atoms with van der Waals surface area (Å²) in [5.74, 6) is -0.537. The predicted octanol–water partition coefficient (Wildman–Crippen LogP) is 3.45. The molecule has 0 amide bonds. The first-order valence-electron chi connectivity index (χ1n) is 5.98. The van der Waals surface area contributed by atoms with Crippen LogP contribution in [0.25, 0.3) is 0 Å². The van der Waals surface area contributed by atoms with E-state index in [4.69, 9.17) is 4.74 Å². The van der Waals surface area contributed by atoms with Crippen LogP contribution in [0.5, 0.6) is 0 Å². The van der Waals surface area contributed by atoms with Gasteiger partial charge in [0.05, 0.1) is 12.0 Å².